The van der Waals surface area contributed by atoms with Gasteiger partial charge in [0.05, 0.1) is 19.5 Å². The Morgan fingerprint density at radius 3 is 2.16 bits per heavy atom. The highest BCUT2D eigenvalue weighted by atomic mass is 16.4. The van der Waals surface area contributed by atoms with E-state index in [0.717, 1.165) is 0 Å². The number of aromatic nitrogens is 2. The lowest BCUT2D eigenvalue weighted by Gasteiger charge is -2.25. The molecule has 0 aliphatic rings. The third-order valence-corrected chi connectivity index (χ3v) is 4.74. The molecule has 0 radical (unpaired) electrons. The molecule has 1 aromatic heterocycles. The maximum atomic E-state index is 12.8. The minimum absolute atomic E-state index is 0.0489. The summed E-state index contributed by atoms with van der Waals surface area (Å²) in [5.41, 5.74) is 5.87. The van der Waals surface area contributed by atoms with Crippen LogP contribution in [-0.2, 0) is 25.6 Å². The van der Waals surface area contributed by atoms with E-state index in [1.807, 2.05) is 0 Å². The van der Waals surface area contributed by atoms with E-state index in [2.05, 4.69) is 25.9 Å². The summed E-state index contributed by atoms with van der Waals surface area (Å²) in [5.74, 6) is -4.10. The summed E-state index contributed by atoms with van der Waals surface area (Å²) in [6.07, 6.45) is 3.25. The number of hydrogen-bond donors (Lipinski definition) is 8. The van der Waals surface area contributed by atoms with Crippen LogP contribution in [0.1, 0.15) is 26.0 Å². The topological polar surface area (TPSA) is 220 Å². The second-order valence-corrected chi connectivity index (χ2v) is 7.08. The molecule has 1 heterocycles. The maximum Gasteiger partial charge on any atom is 0.326 e. The number of carboxylic acids is 1. The Kier molecular flexibility index (Phi) is 10.6. The lowest BCUT2D eigenvalue weighted by molar-refractivity contribution is -0.143. The van der Waals surface area contributed by atoms with Gasteiger partial charge in [0.25, 0.3) is 0 Å². The fraction of sp³-hybridized carbons (Fsp3) is 0.611. The van der Waals surface area contributed by atoms with Gasteiger partial charge in [-0.3, -0.25) is 14.4 Å². The standard InChI is InChI=1S/C18H30N6O7/c1-3-9(2)14(18(30)31)24-16(28)12(4-10-5-20-8-21-10)22-17(29)13(7-26)23-15(27)11(19)6-25/h5,8-9,11-14,25-26H,3-4,6-7,19H2,1-2H3,(H,20,21)(H,22,29)(H,23,27)(H,24,28)(H,30,31). The molecule has 0 aromatic carbocycles. The quantitative estimate of drug-likeness (QED) is 0.154. The van der Waals surface area contributed by atoms with E-state index < -0.39 is 61.1 Å². The number of imidazole rings is 1. The molecule has 0 bridgehead atoms. The molecule has 0 aliphatic heterocycles. The smallest absolute Gasteiger partial charge is 0.326 e. The number of rotatable bonds is 13. The van der Waals surface area contributed by atoms with Crippen LogP contribution in [0.3, 0.4) is 0 Å². The first-order valence-corrected chi connectivity index (χ1v) is 9.72. The number of aliphatic carboxylic acids is 1. The molecule has 31 heavy (non-hydrogen) atoms. The van der Waals surface area contributed by atoms with Crippen molar-refractivity contribution in [2.24, 2.45) is 11.7 Å². The van der Waals surface area contributed by atoms with Gasteiger partial charge < -0.3 is 42.0 Å². The molecular formula is C18H30N6O7. The molecule has 0 saturated heterocycles. The van der Waals surface area contributed by atoms with Crippen LogP contribution in [0.2, 0.25) is 0 Å². The summed E-state index contributed by atoms with van der Waals surface area (Å²) < 4.78 is 0. The van der Waals surface area contributed by atoms with Gasteiger partial charge in [0.15, 0.2) is 0 Å². The van der Waals surface area contributed by atoms with Crippen LogP contribution in [0.4, 0.5) is 0 Å². The van der Waals surface area contributed by atoms with E-state index >= 15 is 0 Å². The monoisotopic (exact) mass is 442 g/mol. The summed E-state index contributed by atoms with van der Waals surface area (Å²) in [7, 11) is 0. The summed E-state index contributed by atoms with van der Waals surface area (Å²) in [6.45, 7) is 1.99. The number of carbonyl (C=O) groups excluding carboxylic acids is 3. The maximum absolute atomic E-state index is 12.8. The second kappa shape index (κ2) is 12.6. The van der Waals surface area contributed by atoms with Crippen molar-refractivity contribution in [2.45, 2.75) is 50.9 Å². The van der Waals surface area contributed by atoms with Gasteiger partial charge in [-0.15, -0.1) is 0 Å². The van der Waals surface area contributed by atoms with Crippen molar-refractivity contribution in [1.29, 1.82) is 0 Å². The van der Waals surface area contributed by atoms with Crippen molar-refractivity contribution < 1.29 is 34.5 Å². The van der Waals surface area contributed by atoms with Crippen molar-refractivity contribution in [1.82, 2.24) is 25.9 Å². The predicted molar refractivity (Wildman–Crippen MR) is 107 cm³/mol. The van der Waals surface area contributed by atoms with Crippen LogP contribution < -0.4 is 21.7 Å². The molecule has 1 rings (SSSR count). The Morgan fingerprint density at radius 1 is 1.06 bits per heavy atom. The summed E-state index contributed by atoms with van der Waals surface area (Å²) >= 11 is 0. The fourth-order valence-electron chi connectivity index (χ4n) is 2.59. The highest BCUT2D eigenvalue weighted by Gasteiger charge is 2.32. The summed E-state index contributed by atoms with van der Waals surface area (Å²) in [4.78, 5) is 55.3. The van der Waals surface area contributed by atoms with Crippen LogP contribution in [0.15, 0.2) is 12.5 Å². The lowest BCUT2D eigenvalue weighted by atomic mass is 9.98. The molecule has 13 heteroatoms. The molecule has 0 fully saturated rings. The molecule has 0 spiro atoms. The molecule has 5 atom stereocenters. The van der Waals surface area contributed by atoms with E-state index in [1.165, 1.54) is 12.5 Å². The second-order valence-electron chi connectivity index (χ2n) is 7.08. The van der Waals surface area contributed by atoms with Crippen molar-refractivity contribution >= 4 is 23.7 Å². The zero-order chi connectivity index (χ0) is 23.6. The van der Waals surface area contributed by atoms with Crippen molar-refractivity contribution in [3.05, 3.63) is 18.2 Å². The zero-order valence-electron chi connectivity index (χ0n) is 17.4. The zero-order valence-corrected chi connectivity index (χ0v) is 17.4. The average Bonchev–Trinajstić information content (AvgIpc) is 3.26. The highest BCUT2D eigenvalue weighted by molar-refractivity contribution is 5.94. The molecule has 3 amide bonds. The number of H-pyrrole nitrogens is 1. The van der Waals surface area contributed by atoms with Crippen molar-refractivity contribution in [3.63, 3.8) is 0 Å². The number of carboxylic acid groups (broad SMARTS) is 1. The van der Waals surface area contributed by atoms with E-state index in [-0.39, 0.29) is 12.3 Å². The van der Waals surface area contributed by atoms with E-state index in [1.54, 1.807) is 13.8 Å². The predicted octanol–water partition coefficient (Wildman–Crippen LogP) is -3.15. The van der Waals surface area contributed by atoms with Crippen LogP contribution in [0.25, 0.3) is 0 Å². The number of nitrogens with two attached hydrogens (primary N) is 1. The number of nitrogens with zero attached hydrogens (tertiary/aromatic N) is 1. The van der Waals surface area contributed by atoms with E-state index in [9.17, 15) is 29.4 Å². The van der Waals surface area contributed by atoms with Crippen molar-refractivity contribution in [3.8, 4) is 0 Å². The highest BCUT2D eigenvalue weighted by Crippen LogP contribution is 2.09. The van der Waals surface area contributed by atoms with Gasteiger partial charge in [0.1, 0.15) is 24.2 Å². The van der Waals surface area contributed by atoms with Gasteiger partial charge in [-0.1, -0.05) is 20.3 Å². The van der Waals surface area contributed by atoms with Gasteiger partial charge in [-0.25, -0.2) is 9.78 Å². The Bertz CT molecular complexity index is 742. The van der Waals surface area contributed by atoms with Gasteiger partial charge in [-0.05, 0) is 5.92 Å². The number of aliphatic hydroxyl groups is 2. The Labute approximate surface area is 178 Å². The number of nitrogens with one attached hydrogen (secondary N) is 4. The number of carbonyl (C=O) groups is 4. The van der Waals surface area contributed by atoms with Gasteiger partial charge in [0, 0.05) is 18.3 Å². The Hall–Kier alpha value is -3.03. The largest absolute Gasteiger partial charge is 0.480 e. The molecular weight excluding hydrogens is 412 g/mol. The first-order valence-electron chi connectivity index (χ1n) is 9.72. The normalized spacial score (nSPS) is 15.8. The molecule has 1 aromatic rings. The molecule has 0 saturated carbocycles. The SMILES string of the molecule is CCC(C)C(NC(=O)C(Cc1cnc[nH]1)NC(=O)C(CO)NC(=O)C(N)CO)C(=O)O. The van der Waals surface area contributed by atoms with Gasteiger partial charge in [0.2, 0.25) is 17.7 Å². The number of amides is 3. The third-order valence-electron chi connectivity index (χ3n) is 4.74. The Balaban J connectivity index is 2.98. The fourth-order valence-corrected chi connectivity index (χ4v) is 2.59. The summed E-state index contributed by atoms with van der Waals surface area (Å²) in [6, 6.07) is -5.13. The molecule has 9 N–H and O–H groups in total. The van der Waals surface area contributed by atoms with Crippen LogP contribution in [0, 0.1) is 5.92 Å². The van der Waals surface area contributed by atoms with Gasteiger partial charge >= 0.3 is 5.97 Å². The molecule has 174 valence electrons. The van der Waals surface area contributed by atoms with Crippen molar-refractivity contribution in [2.75, 3.05) is 13.2 Å². The number of hydrogen-bond acceptors (Lipinski definition) is 8. The first-order chi connectivity index (χ1) is 14.6. The lowest BCUT2D eigenvalue weighted by Crippen LogP contribution is -2.59. The average molecular weight is 442 g/mol. The molecule has 0 aliphatic carbocycles. The van der Waals surface area contributed by atoms with Crippen LogP contribution in [0.5, 0.6) is 0 Å². The number of aliphatic hydroxyl groups excluding tert-OH is 2. The van der Waals surface area contributed by atoms with E-state index in [4.69, 9.17) is 10.8 Å². The van der Waals surface area contributed by atoms with Crippen LogP contribution in [-0.4, -0.2) is 86.4 Å². The summed E-state index contributed by atoms with van der Waals surface area (Å²) in [5, 5.41) is 34.8. The first kappa shape index (κ1) is 26.0. The van der Waals surface area contributed by atoms with E-state index in [0.29, 0.717) is 12.1 Å². The van der Waals surface area contributed by atoms with Crippen LogP contribution >= 0.6 is 0 Å². The van der Waals surface area contributed by atoms with Gasteiger partial charge in [-0.2, -0.15) is 0 Å². The molecule has 5 unspecified atom stereocenters. The number of aromatic amines is 1. The minimum Gasteiger partial charge on any atom is -0.480 e. The third kappa shape index (κ3) is 7.96. The molecule has 13 nitrogen and oxygen atoms in total. The minimum atomic E-state index is -1.44. The Morgan fingerprint density at radius 2 is 1.68 bits per heavy atom.